The molecule has 0 spiro atoms. The van der Waals surface area contributed by atoms with E-state index in [0.29, 0.717) is 12.1 Å². The Morgan fingerprint density at radius 1 is 1.55 bits per heavy atom. The van der Waals surface area contributed by atoms with Crippen LogP contribution in [-0.4, -0.2) is 24.5 Å². The molecule has 1 amide bonds. The number of carbonyl (C=O) groups excluding carboxylic acids is 1. The lowest BCUT2D eigenvalue weighted by Crippen LogP contribution is -2.47. The molecule has 62 valence electrons. The molecule has 1 saturated heterocycles. The van der Waals surface area contributed by atoms with Crippen molar-refractivity contribution >= 4 is 5.91 Å². The average Bonchev–Trinajstić information content (AvgIpc) is 2.45. The zero-order valence-electron chi connectivity index (χ0n) is 6.76. The standard InChI is InChI=1S/C8H14N2O/c1-5(11)10-8-3-6-2-7(8)9-4-6/h6-9H,2-4H2,1H3,(H,10,11). The topological polar surface area (TPSA) is 41.1 Å². The highest BCUT2D eigenvalue weighted by Crippen LogP contribution is 2.30. The fourth-order valence-corrected chi connectivity index (χ4v) is 2.27. The van der Waals surface area contributed by atoms with Crippen LogP contribution in [0, 0.1) is 5.92 Å². The van der Waals surface area contributed by atoms with Crippen molar-refractivity contribution in [3.05, 3.63) is 0 Å². The SMILES string of the molecule is CC(=O)NC1CC2CNC1C2. The number of piperidine rings is 1. The molecule has 3 unspecified atom stereocenters. The summed E-state index contributed by atoms with van der Waals surface area (Å²) in [5, 5.41) is 6.37. The van der Waals surface area contributed by atoms with Crippen molar-refractivity contribution in [3.63, 3.8) is 0 Å². The van der Waals surface area contributed by atoms with Gasteiger partial charge in [-0.05, 0) is 25.3 Å². The molecule has 3 heteroatoms. The molecule has 3 atom stereocenters. The molecule has 2 fully saturated rings. The van der Waals surface area contributed by atoms with Crippen molar-refractivity contribution in [2.75, 3.05) is 6.54 Å². The van der Waals surface area contributed by atoms with Crippen LogP contribution < -0.4 is 10.6 Å². The molecule has 11 heavy (non-hydrogen) atoms. The summed E-state index contributed by atoms with van der Waals surface area (Å²) in [6.45, 7) is 2.74. The van der Waals surface area contributed by atoms with Crippen molar-refractivity contribution in [1.82, 2.24) is 10.6 Å². The minimum Gasteiger partial charge on any atom is -0.352 e. The summed E-state index contributed by atoms with van der Waals surface area (Å²) in [6, 6.07) is 0.968. The summed E-state index contributed by atoms with van der Waals surface area (Å²) < 4.78 is 0. The van der Waals surface area contributed by atoms with Gasteiger partial charge in [-0.2, -0.15) is 0 Å². The monoisotopic (exact) mass is 154 g/mol. The number of hydrogen-bond donors (Lipinski definition) is 2. The van der Waals surface area contributed by atoms with Gasteiger partial charge in [-0.1, -0.05) is 0 Å². The van der Waals surface area contributed by atoms with E-state index in [-0.39, 0.29) is 5.91 Å². The third kappa shape index (κ3) is 1.25. The maximum absolute atomic E-state index is 10.7. The first-order valence-corrected chi connectivity index (χ1v) is 4.26. The van der Waals surface area contributed by atoms with Crippen LogP contribution in [-0.2, 0) is 4.79 Å². The van der Waals surface area contributed by atoms with E-state index in [2.05, 4.69) is 10.6 Å². The molecule has 1 aliphatic heterocycles. The Balaban J connectivity index is 1.92. The minimum absolute atomic E-state index is 0.101. The van der Waals surface area contributed by atoms with E-state index in [0.717, 1.165) is 12.5 Å². The number of nitrogens with one attached hydrogen (secondary N) is 2. The molecular weight excluding hydrogens is 140 g/mol. The number of amides is 1. The predicted octanol–water partition coefficient (Wildman–Crippen LogP) is -0.127. The minimum atomic E-state index is 0.101. The van der Waals surface area contributed by atoms with Gasteiger partial charge in [-0.3, -0.25) is 4.79 Å². The van der Waals surface area contributed by atoms with Gasteiger partial charge in [0.25, 0.3) is 0 Å². The highest BCUT2D eigenvalue weighted by atomic mass is 16.1. The Morgan fingerprint density at radius 2 is 2.36 bits per heavy atom. The molecule has 1 heterocycles. The summed E-state index contributed by atoms with van der Waals surface area (Å²) in [4.78, 5) is 10.7. The number of hydrogen-bond acceptors (Lipinski definition) is 2. The number of rotatable bonds is 1. The van der Waals surface area contributed by atoms with Crippen LogP contribution in [0.2, 0.25) is 0 Å². The number of carbonyl (C=O) groups is 1. The molecule has 2 aliphatic rings. The summed E-state index contributed by atoms with van der Waals surface area (Å²) in [7, 11) is 0. The molecule has 0 aromatic carbocycles. The Morgan fingerprint density at radius 3 is 2.82 bits per heavy atom. The van der Waals surface area contributed by atoms with Crippen molar-refractivity contribution in [1.29, 1.82) is 0 Å². The highest BCUT2D eigenvalue weighted by molar-refractivity contribution is 5.73. The van der Waals surface area contributed by atoms with Gasteiger partial charge in [0, 0.05) is 19.0 Å². The molecule has 1 aliphatic carbocycles. The first kappa shape index (κ1) is 7.10. The first-order chi connectivity index (χ1) is 5.25. The lowest BCUT2D eigenvalue weighted by atomic mass is 10.1. The van der Waals surface area contributed by atoms with E-state index in [1.807, 2.05) is 0 Å². The molecular formula is C8H14N2O. The van der Waals surface area contributed by atoms with Gasteiger partial charge < -0.3 is 10.6 Å². The van der Waals surface area contributed by atoms with Gasteiger partial charge in [0.15, 0.2) is 0 Å². The van der Waals surface area contributed by atoms with Crippen LogP contribution in [0.4, 0.5) is 0 Å². The van der Waals surface area contributed by atoms with E-state index in [4.69, 9.17) is 0 Å². The predicted molar refractivity (Wildman–Crippen MR) is 42.1 cm³/mol. The van der Waals surface area contributed by atoms with E-state index >= 15 is 0 Å². The normalized spacial score (nSPS) is 41.0. The van der Waals surface area contributed by atoms with Crippen LogP contribution in [0.25, 0.3) is 0 Å². The van der Waals surface area contributed by atoms with Crippen LogP contribution in [0.15, 0.2) is 0 Å². The van der Waals surface area contributed by atoms with Crippen LogP contribution >= 0.6 is 0 Å². The fraction of sp³-hybridized carbons (Fsp3) is 0.875. The van der Waals surface area contributed by atoms with Gasteiger partial charge in [0.1, 0.15) is 0 Å². The second-order valence-corrected chi connectivity index (χ2v) is 3.66. The second kappa shape index (κ2) is 2.48. The molecule has 1 saturated carbocycles. The summed E-state index contributed by atoms with van der Waals surface area (Å²) in [6.07, 6.45) is 2.43. The van der Waals surface area contributed by atoms with Gasteiger partial charge in [0.05, 0.1) is 0 Å². The van der Waals surface area contributed by atoms with Gasteiger partial charge in [0.2, 0.25) is 5.91 Å². The lowest BCUT2D eigenvalue weighted by Gasteiger charge is -2.23. The molecule has 0 aromatic heterocycles. The molecule has 0 aromatic rings. The van der Waals surface area contributed by atoms with Crippen molar-refractivity contribution < 1.29 is 4.79 Å². The maximum atomic E-state index is 10.7. The van der Waals surface area contributed by atoms with Crippen molar-refractivity contribution in [2.45, 2.75) is 31.8 Å². The third-order valence-electron chi connectivity index (χ3n) is 2.72. The summed E-state index contributed by atoms with van der Waals surface area (Å²) in [5.74, 6) is 0.918. The van der Waals surface area contributed by atoms with Crippen molar-refractivity contribution in [3.8, 4) is 0 Å². The maximum Gasteiger partial charge on any atom is 0.217 e. The highest BCUT2D eigenvalue weighted by Gasteiger charge is 2.39. The average molecular weight is 154 g/mol. The second-order valence-electron chi connectivity index (χ2n) is 3.66. The Labute approximate surface area is 66.5 Å². The molecule has 2 rings (SSSR count). The summed E-state index contributed by atoms with van der Waals surface area (Å²) in [5.41, 5.74) is 0. The van der Waals surface area contributed by atoms with Gasteiger partial charge >= 0.3 is 0 Å². The zero-order chi connectivity index (χ0) is 7.84. The third-order valence-corrected chi connectivity index (χ3v) is 2.72. The molecule has 3 nitrogen and oxygen atoms in total. The Hall–Kier alpha value is -0.570. The first-order valence-electron chi connectivity index (χ1n) is 4.26. The molecule has 2 N–H and O–H groups in total. The lowest BCUT2D eigenvalue weighted by molar-refractivity contribution is -0.119. The fourth-order valence-electron chi connectivity index (χ4n) is 2.27. The smallest absolute Gasteiger partial charge is 0.217 e. The van der Waals surface area contributed by atoms with Crippen LogP contribution in [0.3, 0.4) is 0 Å². The number of fused-ring (bicyclic) bond motifs is 2. The van der Waals surface area contributed by atoms with Crippen molar-refractivity contribution in [2.24, 2.45) is 5.92 Å². The zero-order valence-corrected chi connectivity index (χ0v) is 6.76. The Bertz CT molecular complexity index is 181. The van der Waals surface area contributed by atoms with Gasteiger partial charge in [-0.25, -0.2) is 0 Å². The van der Waals surface area contributed by atoms with E-state index in [9.17, 15) is 4.79 Å². The molecule has 0 radical (unpaired) electrons. The van der Waals surface area contributed by atoms with Crippen LogP contribution in [0.5, 0.6) is 0 Å². The molecule has 2 bridgehead atoms. The largest absolute Gasteiger partial charge is 0.352 e. The van der Waals surface area contributed by atoms with E-state index in [1.165, 1.54) is 12.8 Å². The van der Waals surface area contributed by atoms with E-state index in [1.54, 1.807) is 6.92 Å². The quantitative estimate of drug-likeness (QED) is 0.552. The Kier molecular flexibility index (Phi) is 1.60. The van der Waals surface area contributed by atoms with Gasteiger partial charge in [-0.15, -0.1) is 0 Å². The van der Waals surface area contributed by atoms with Crippen LogP contribution in [0.1, 0.15) is 19.8 Å². The van der Waals surface area contributed by atoms with E-state index < -0.39 is 0 Å². The summed E-state index contributed by atoms with van der Waals surface area (Å²) >= 11 is 0.